The first-order chi connectivity index (χ1) is 9.82. The van der Waals surface area contributed by atoms with Crippen molar-refractivity contribution in [3.05, 3.63) is 48.0 Å². The minimum Gasteiger partial charge on any atom is -0.478 e. The van der Waals surface area contributed by atoms with Gasteiger partial charge in [-0.2, -0.15) is 4.31 Å². The van der Waals surface area contributed by atoms with Gasteiger partial charge in [0.15, 0.2) is 0 Å². The van der Waals surface area contributed by atoms with Gasteiger partial charge in [0.1, 0.15) is 5.82 Å². The van der Waals surface area contributed by atoms with E-state index in [1.54, 1.807) is 24.0 Å². The van der Waals surface area contributed by atoms with Gasteiger partial charge in [-0.05, 0) is 24.3 Å². The molecule has 0 spiro atoms. The molecule has 0 radical (unpaired) electrons. The molecule has 0 saturated carbocycles. The Morgan fingerprint density at radius 3 is 2.43 bits per heavy atom. The summed E-state index contributed by atoms with van der Waals surface area (Å²) in [5.74, 6) is -0.483. The molecule has 2 rings (SSSR count). The Morgan fingerprint density at radius 2 is 1.95 bits per heavy atom. The van der Waals surface area contributed by atoms with Gasteiger partial charge >= 0.3 is 5.97 Å². The van der Waals surface area contributed by atoms with Crippen LogP contribution in [0.2, 0.25) is 0 Å². The number of carbonyl (C=O) groups is 1. The predicted octanol–water partition coefficient (Wildman–Crippen LogP) is 0.939. The van der Waals surface area contributed by atoms with E-state index in [4.69, 9.17) is 5.11 Å². The highest BCUT2D eigenvalue weighted by atomic mass is 32.2. The van der Waals surface area contributed by atoms with Crippen molar-refractivity contribution in [1.29, 1.82) is 0 Å². The molecule has 2 aromatic rings. The van der Waals surface area contributed by atoms with Crippen LogP contribution in [0, 0.1) is 0 Å². The third kappa shape index (κ3) is 3.11. The third-order valence-corrected chi connectivity index (χ3v) is 4.91. The Labute approximate surface area is 122 Å². The van der Waals surface area contributed by atoms with E-state index in [0.29, 0.717) is 5.82 Å². The second kappa shape index (κ2) is 5.66. The minimum absolute atomic E-state index is 0.0423. The molecule has 1 N–H and O–H groups in total. The number of nitrogens with zero attached hydrogens (tertiary/aromatic N) is 3. The molecule has 0 aliphatic rings. The number of aromatic nitrogens is 2. The van der Waals surface area contributed by atoms with Gasteiger partial charge in [-0.1, -0.05) is 0 Å². The summed E-state index contributed by atoms with van der Waals surface area (Å²) in [5.41, 5.74) is 0.0423. The highest BCUT2D eigenvalue weighted by Gasteiger charge is 2.22. The lowest BCUT2D eigenvalue weighted by molar-refractivity contribution is 0.0696. The van der Waals surface area contributed by atoms with Crippen LogP contribution in [-0.2, 0) is 23.6 Å². The van der Waals surface area contributed by atoms with Crippen molar-refractivity contribution in [3.63, 3.8) is 0 Å². The number of aryl methyl sites for hydroxylation is 1. The van der Waals surface area contributed by atoms with Gasteiger partial charge in [-0.25, -0.2) is 18.2 Å². The molecule has 0 atom stereocenters. The molecule has 1 aromatic carbocycles. The van der Waals surface area contributed by atoms with E-state index in [2.05, 4.69) is 4.98 Å². The smallest absolute Gasteiger partial charge is 0.335 e. The molecule has 0 fully saturated rings. The van der Waals surface area contributed by atoms with Gasteiger partial charge in [0.05, 0.1) is 17.0 Å². The fourth-order valence-corrected chi connectivity index (χ4v) is 2.91. The largest absolute Gasteiger partial charge is 0.478 e. The summed E-state index contributed by atoms with van der Waals surface area (Å²) >= 11 is 0. The van der Waals surface area contributed by atoms with Gasteiger partial charge in [0.2, 0.25) is 10.0 Å². The maximum absolute atomic E-state index is 12.4. The highest BCUT2D eigenvalue weighted by molar-refractivity contribution is 7.89. The fraction of sp³-hybridized carbons (Fsp3) is 0.231. The lowest BCUT2D eigenvalue weighted by Gasteiger charge is -2.17. The van der Waals surface area contributed by atoms with E-state index < -0.39 is 16.0 Å². The Bertz CT molecular complexity index is 750. The minimum atomic E-state index is -3.69. The van der Waals surface area contributed by atoms with Crippen LogP contribution in [0.25, 0.3) is 0 Å². The van der Waals surface area contributed by atoms with E-state index in [0.717, 1.165) is 0 Å². The lowest BCUT2D eigenvalue weighted by atomic mass is 10.2. The average molecular weight is 309 g/mol. The van der Waals surface area contributed by atoms with Crippen LogP contribution >= 0.6 is 0 Å². The summed E-state index contributed by atoms with van der Waals surface area (Å²) in [5, 5.41) is 8.82. The monoisotopic (exact) mass is 309 g/mol. The second-order valence-electron chi connectivity index (χ2n) is 4.54. The summed E-state index contributed by atoms with van der Waals surface area (Å²) in [6, 6.07) is 5.11. The molecule has 8 heteroatoms. The van der Waals surface area contributed by atoms with Crippen molar-refractivity contribution >= 4 is 16.0 Å². The molecule has 112 valence electrons. The van der Waals surface area contributed by atoms with Crippen molar-refractivity contribution in [2.45, 2.75) is 11.4 Å². The van der Waals surface area contributed by atoms with E-state index in [9.17, 15) is 13.2 Å². The number of hydrogen-bond acceptors (Lipinski definition) is 4. The molecular formula is C13H15N3O4S. The van der Waals surface area contributed by atoms with Crippen molar-refractivity contribution in [3.8, 4) is 0 Å². The molecule has 0 amide bonds. The van der Waals surface area contributed by atoms with Crippen LogP contribution < -0.4 is 0 Å². The molecule has 0 unspecified atom stereocenters. The van der Waals surface area contributed by atoms with Crippen LogP contribution in [-0.4, -0.2) is 40.4 Å². The zero-order chi connectivity index (χ0) is 15.6. The summed E-state index contributed by atoms with van der Waals surface area (Å²) in [6.45, 7) is 0.131. The number of hydrogen-bond donors (Lipinski definition) is 1. The zero-order valence-electron chi connectivity index (χ0n) is 11.6. The normalized spacial score (nSPS) is 11.8. The predicted molar refractivity (Wildman–Crippen MR) is 75.3 cm³/mol. The Morgan fingerprint density at radius 1 is 1.33 bits per heavy atom. The number of benzene rings is 1. The summed E-state index contributed by atoms with van der Waals surface area (Å²) in [4.78, 5) is 14.9. The van der Waals surface area contributed by atoms with E-state index >= 15 is 0 Å². The second-order valence-corrected chi connectivity index (χ2v) is 6.59. The van der Waals surface area contributed by atoms with Crippen molar-refractivity contribution in [2.75, 3.05) is 7.05 Å². The first kappa shape index (κ1) is 15.2. The van der Waals surface area contributed by atoms with E-state index in [-0.39, 0.29) is 17.0 Å². The molecule has 21 heavy (non-hydrogen) atoms. The average Bonchev–Trinajstić information content (AvgIpc) is 2.84. The molecule has 1 heterocycles. The molecule has 0 aliphatic carbocycles. The fourth-order valence-electron chi connectivity index (χ4n) is 1.78. The summed E-state index contributed by atoms with van der Waals surface area (Å²) in [6.07, 6.45) is 3.33. The van der Waals surface area contributed by atoms with Gasteiger partial charge in [0, 0.05) is 26.5 Å². The standard InChI is InChI=1S/C13H15N3O4S/c1-15-8-7-14-12(15)9-16(2)21(19,20)11-5-3-10(4-6-11)13(17)18/h3-8H,9H2,1-2H3,(H,17,18). The Kier molecular flexibility index (Phi) is 4.10. The third-order valence-electron chi connectivity index (χ3n) is 3.09. The van der Waals surface area contributed by atoms with Crippen molar-refractivity contribution < 1.29 is 18.3 Å². The molecule has 0 aliphatic heterocycles. The number of imidazole rings is 1. The maximum atomic E-state index is 12.4. The van der Waals surface area contributed by atoms with Crippen LogP contribution in [0.4, 0.5) is 0 Å². The first-order valence-electron chi connectivity index (χ1n) is 6.08. The molecule has 0 saturated heterocycles. The lowest BCUT2D eigenvalue weighted by Crippen LogP contribution is -2.27. The first-order valence-corrected chi connectivity index (χ1v) is 7.52. The van der Waals surface area contributed by atoms with Crippen LogP contribution in [0.3, 0.4) is 0 Å². The molecule has 0 bridgehead atoms. The molecular weight excluding hydrogens is 294 g/mol. The molecule has 1 aromatic heterocycles. The number of rotatable bonds is 5. The Hall–Kier alpha value is -2.19. The summed E-state index contributed by atoms with van der Waals surface area (Å²) in [7, 11) is -0.452. The summed E-state index contributed by atoms with van der Waals surface area (Å²) < 4.78 is 27.7. The van der Waals surface area contributed by atoms with Crippen LogP contribution in [0.15, 0.2) is 41.6 Å². The SMILES string of the molecule is CN(Cc1nccn1C)S(=O)(=O)c1ccc(C(=O)O)cc1. The number of sulfonamides is 1. The van der Waals surface area contributed by atoms with Gasteiger partial charge < -0.3 is 9.67 Å². The Balaban J connectivity index is 2.24. The highest BCUT2D eigenvalue weighted by Crippen LogP contribution is 2.17. The zero-order valence-corrected chi connectivity index (χ0v) is 12.4. The van der Waals surface area contributed by atoms with Crippen LogP contribution in [0.1, 0.15) is 16.2 Å². The van der Waals surface area contributed by atoms with Crippen molar-refractivity contribution in [2.24, 2.45) is 7.05 Å². The van der Waals surface area contributed by atoms with Gasteiger partial charge in [-0.15, -0.1) is 0 Å². The van der Waals surface area contributed by atoms with Crippen molar-refractivity contribution in [1.82, 2.24) is 13.9 Å². The number of aromatic carboxylic acids is 1. The topological polar surface area (TPSA) is 92.5 Å². The van der Waals surface area contributed by atoms with E-state index in [1.165, 1.54) is 35.6 Å². The van der Waals surface area contributed by atoms with Gasteiger partial charge in [0.25, 0.3) is 0 Å². The quantitative estimate of drug-likeness (QED) is 0.887. The van der Waals surface area contributed by atoms with Crippen LogP contribution in [0.5, 0.6) is 0 Å². The number of carboxylic acids is 1. The van der Waals surface area contributed by atoms with E-state index in [1.807, 2.05) is 0 Å². The molecule has 7 nitrogen and oxygen atoms in total. The van der Waals surface area contributed by atoms with Gasteiger partial charge in [-0.3, -0.25) is 0 Å². The number of carboxylic acid groups (broad SMARTS) is 1. The maximum Gasteiger partial charge on any atom is 0.335 e.